The first kappa shape index (κ1) is 21.9. The summed E-state index contributed by atoms with van der Waals surface area (Å²) in [5.41, 5.74) is 5.04. The number of halogens is 1. The number of piperidine rings is 1. The first-order valence-electron chi connectivity index (χ1n) is 12.9. The molecule has 0 spiro atoms. The zero-order valence-electron chi connectivity index (χ0n) is 19.7. The average Bonchev–Trinajstić information content (AvgIpc) is 3.31. The van der Waals surface area contributed by atoms with E-state index in [0.29, 0.717) is 31.0 Å². The molecule has 3 fully saturated rings. The first-order chi connectivity index (χ1) is 16.7. The number of nitrogens with zero attached hydrogens (tertiary/aromatic N) is 3. The smallest absolute Gasteiger partial charge is 0.410 e. The van der Waals surface area contributed by atoms with Crippen molar-refractivity contribution in [3.63, 3.8) is 0 Å². The minimum absolute atomic E-state index is 0.112. The summed E-state index contributed by atoms with van der Waals surface area (Å²) in [6.45, 7) is 3.76. The maximum atomic E-state index is 13.1. The fraction of sp³-hybridized carbons (Fsp3) is 0.536. The summed E-state index contributed by atoms with van der Waals surface area (Å²) >= 11 is 0. The number of ether oxygens (including phenoxy) is 1. The molecule has 2 unspecified atom stereocenters. The van der Waals surface area contributed by atoms with Crippen LogP contribution in [-0.2, 0) is 11.3 Å². The van der Waals surface area contributed by atoms with Crippen molar-refractivity contribution >= 4 is 11.8 Å². The number of piperazine rings is 1. The van der Waals surface area contributed by atoms with Crippen LogP contribution in [0.5, 0.6) is 0 Å². The molecule has 4 atom stereocenters. The van der Waals surface area contributed by atoms with Gasteiger partial charge in [-0.25, -0.2) is 4.79 Å². The molecule has 6 rings (SSSR count). The highest BCUT2D eigenvalue weighted by molar-refractivity contribution is 5.70. The number of likely N-dealkylation sites (tertiary alicyclic amines) is 2. The van der Waals surface area contributed by atoms with Crippen LogP contribution in [-0.4, -0.2) is 60.8 Å². The second-order valence-electron chi connectivity index (χ2n) is 10.4. The lowest BCUT2D eigenvalue weighted by atomic mass is 9.95. The van der Waals surface area contributed by atoms with Crippen LogP contribution in [0.4, 0.5) is 14.9 Å². The minimum atomic E-state index is -0.229. The van der Waals surface area contributed by atoms with Gasteiger partial charge in [-0.2, -0.15) is 0 Å². The molecule has 1 amide bonds. The molecular weight excluding hydrogens is 429 g/mol. The van der Waals surface area contributed by atoms with Crippen LogP contribution in [0.1, 0.15) is 60.8 Å². The van der Waals surface area contributed by atoms with Crippen LogP contribution in [0.2, 0.25) is 0 Å². The normalized spacial score (nSPS) is 27.7. The van der Waals surface area contributed by atoms with Crippen LogP contribution in [0.25, 0.3) is 0 Å². The van der Waals surface area contributed by atoms with Crippen molar-refractivity contribution in [1.29, 1.82) is 0 Å². The van der Waals surface area contributed by atoms with Crippen molar-refractivity contribution in [2.45, 2.75) is 62.8 Å². The number of fused-ring (bicyclic) bond motifs is 7. The second kappa shape index (κ2) is 9.21. The summed E-state index contributed by atoms with van der Waals surface area (Å²) in [7, 11) is 0. The van der Waals surface area contributed by atoms with Gasteiger partial charge in [0, 0.05) is 44.0 Å². The predicted molar refractivity (Wildman–Crippen MR) is 131 cm³/mol. The van der Waals surface area contributed by atoms with E-state index in [1.54, 1.807) is 0 Å². The molecule has 3 aliphatic heterocycles. The fourth-order valence-corrected chi connectivity index (χ4v) is 6.82. The predicted octanol–water partition coefficient (Wildman–Crippen LogP) is 5.27. The van der Waals surface area contributed by atoms with Gasteiger partial charge in [-0.05, 0) is 66.8 Å². The van der Waals surface area contributed by atoms with Gasteiger partial charge in [0.25, 0.3) is 0 Å². The minimum Gasteiger partial charge on any atom is -0.445 e. The van der Waals surface area contributed by atoms with Crippen molar-refractivity contribution in [2.75, 3.05) is 37.8 Å². The van der Waals surface area contributed by atoms with E-state index in [4.69, 9.17) is 4.74 Å². The molecule has 2 aromatic carbocycles. The molecule has 0 saturated carbocycles. The van der Waals surface area contributed by atoms with E-state index in [1.807, 2.05) is 35.2 Å². The van der Waals surface area contributed by atoms with E-state index in [0.717, 1.165) is 44.6 Å². The Morgan fingerprint density at radius 3 is 2.56 bits per heavy atom. The van der Waals surface area contributed by atoms with Crippen LogP contribution in [0, 0.1) is 0 Å². The molecule has 3 saturated heterocycles. The molecule has 5 nitrogen and oxygen atoms in total. The fourth-order valence-electron chi connectivity index (χ4n) is 6.82. The largest absolute Gasteiger partial charge is 0.445 e. The van der Waals surface area contributed by atoms with Gasteiger partial charge in [-0.15, -0.1) is 0 Å². The Bertz CT molecular complexity index is 1020. The maximum absolute atomic E-state index is 13.1. The standard InChI is InChI=1S/C28H34FN3O2/c29-12-4-13-30-17-23-7-8-24(18-30)32(23)22-9-10-25-21-11-14-31(27(15-21)26(25)16-22)28(33)34-19-20-5-2-1-3-6-20/h1-3,5-6,9-10,16,21,23-24,27H,4,7-8,11-15,17-19H2/t21-,23?,24?,27+/m1/s1. The molecule has 34 heavy (non-hydrogen) atoms. The molecule has 2 aromatic rings. The van der Waals surface area contributed by atoms with Gasteiger partial charge >= 0.3 is 6.09 Å². The monoisotopic (exact) mass is 463 g/mol. The molecule has 0 aromatic heterocycles. The second-order valence-corrected chi connectivity index (χ2v) is 10.4. The lowest BCUT2D eigenvalue weighted by Crippen LogP contribution is -2.54. The molecule has 180 valence electrons. The van der Waals surface area contributed by atoms with Crippen LogP contribution >= 0.6 is 0 Å². The third-order valence-corrected chi connectivity index (χ3v) is 8.38. The molecular formula is C28H34FN3O2. The number of hydrogen-bond donors (Lipinski definition) is 0. The maximum Gasteiger partial charge on any atom is 0.410 e. The first-order valence-corrected chi connectivity index (χ1v) is 12.9. The van der Waals surface area contributed by atoms with Crippen molar-refractivity contribution in [2.24, 2.45) is 0 Å². The highest BCUT2D eigenvalue weighted by Gasteiger charge is 2.44. The zero-order valence-corrected chi connectivity index (χ0v) is 19.7. The molecule has 6 heteroatoms. The topological polar surface area (TPSA) is 36.0 Å². The number of carbonyl (C=O) groups is 1. The molecule has 4 aliphatic rings. The Morgan fingerprint density at radius 1 is 1.00 bits per heavy atom. The van der Waals surface area contributed by atoms with E-state index in [1.165, 1.54) is 29.7 Å². The molecule has 0 radical (unpaired) electrons. The highest BCUT2D eigenvalue weighted by atomic mass is 19.1. The van der Waals surface area contributed by atoms with E-state index in [-0.39, 0.29) is 18.8 Å². The lowest BCUT2D eigenvalue weighted by Gasteiger charge is -2.42. The van der Waals surface area contributed by atoms with Crippen molar-refractivity contribution in [1.82, 2.24) is 9.80 Å². The Labute approximate surface area is 201 Å². The zero-order chi connectivity index (χ0) is 23.1. The Morgan fingerprint density at radius 2 is 1.79 bits per heavy atom. The Balaban J connectivity index is 1.19. The van der Waals surface area contributed by atoms with Gasteiger partial charge in [0.1, 0.15) is 6.61 Å². The highest BCUT2D eigenvalue weighted by Crippen LogP contribution is 2.50. The van der Waals surface area contributed by atoms with Gasteiger partial charge in [0.05, 0.1) is 12.7 Å². The summed E-state index contributed by atoms with van der Waals surface area (Å²) in [4.78, 5) is 20.1. The number of anilines is 1. The number of alkyl halides is 1. The summed E-state index contributed by atoms with van der Waals surface area (Å²) in [5.74, 6) is 0.543. The number of benzene rings is 2. The molecule has 1 aliphatic carbocycles. The quantitative estimate of drug-likeness (QED) is 0.585. The third-order valence-electron chi connectivity index (χ3n) is 8.38. The van der Waals surface area contributed by atoms with Gasteiger partial charge in [-0.1, -0.05) is 36.4 Å². The average molecular weight is 464 g/mol. The summed E-state index contributed by atoms with van der Waals surface area (Å²) in [6, 6.07) is 18.0. The molecule has 3 heterocycles. The van der Waals surface area contributed by atoms with E-state index >= 15 is 0 Å². The van der Waals surface area contributed by atoms with Crippen LogP contribution in [0.15, 0.2) is 48.5 Å². The molecule has 0 N–H and O–H groups in total. The van der Waals surface area contributed by atoms with Gasteiger partial charge in [-0.3, -0.25) is 9.29 Å². The van der Waals surface area contributed by atoms with E-state index < -0.39 is 0 Å². The van der Waals surface area contributed by atoms with Crippen LogP contribution in [0.3, 0.4) is 0 Å². The lowest BCUT2D eigenvalue weighted by molar-refractivity contribution is 0.0694. The number of rotatable bonds is 6. The summed E-state index contributed by atoms with van der Waals surface area (Å²) in [5, 5.41) is 0. The van der Waals surface area contributed by atoms with Gasteiger partial charge in [0.15, 0.2) is 0 Å². The third kappa shape index (κ3) is 3.96. The summed E-state index contributed by atoms with van der Waals surface area (Å²) < 4.78 is 18.4. The number of amides is 1. The van der Waals surface area contributed by atoms with E-state index in [9.17, 15) is 9.18 Å². The molecule has 4 bridgehead atoms. The number of hydrogen-bond acceptors (Lipinski definition) is 4. The number of carbonyl (C=O) groups excluding carboxylic acids is 1. The van der Waals surface area contributed by atoms with Gasteiger partial charge in [0.2, 0.25) is 0 Å². The SMILES string of the molecule is O=C(OCc1ccccc1)N1CC[C@@H]2C[C@H]1c1cc(N3C4CCC3CN(CCCF)C4)ccc12. The summed E-state index contributed by atoms with van der Waals surface area (Å²) in [6.07, 6.45) is 4.85. The van der Waals surface area contributed by atoms with Crippen molar-refractivity contribution in [3.05, 3.63) is 65.2 Å². The van der Waals surface area contributed by atoms with Crippen molar-refractivity contribution in [3.8, 4) is 0 Å². The van der Waals surface area contributed by atoms with E-state index in [2.05, 4.69) is 28.0 Å². The Kier molecular flexibility index (Phi) is 5.94. The Hall–Kier alpha value is -2.60. The van der Waals surface area contributed by atoms with Gasteiger partial charge < -0.3 is 14.5 Å². The van der Waals surface area contributed by atoms with Crippen molar-refractivity contribution < 1.29 is 13.9 Å². The van der Waals surface area contributed by atoms with Crippen LogP contribution < -0.4 is 4.90 Å².